The lowest BCUT2D eigenvalue weighted by molar-refractivity contribution is -0.140. The summed E-state index contributed by atoms with van der Waals surface area (Å²) in [5.74, 6) is -0.175. The molecular weight excluding hydrogens is 373 g/mol. The minimum Gasteiger partial charge on any atom is -0.494 e. The number of halogens is 4. The van der Waals surface area contributed by atoms with Crippen molar-refractivity contribution < 1.29 is 22.7 Å². The molecule has 1 N–H and O–H groups in total. The molecule has 1 aromatic carbocycles. The normalized spacial score (nSPS) is 11.6. The van der Waals surface area contributed by atoms with Crippen LogP contribution in [0, 0.1) is 0 Å². The van der Waals surface area contributed by atoms with E-state index in [0.29, 0.717) is 0 Å². The van der Waals surface area contributed by atoms with Crippen LogP contribution in [0.4, 0.5) is 19.0 Å². The Morgan fingerprint density at radius 1 is 1.27 bits per heavy atom. The molecule has 0 spiro atoms. The van der Waals surface area contributed by atoms with Crippen LogP contribution >= 0.6 is 11.6 Å². The Bertz CT molecular complexity index is 982. The van der Waals surface area contributed by atoms with E-state index in [-0.39, 0.29) is 33.1 Å². The maximum Gasteiger partial charge on any atom is 0.433 e. The van der Waals surface area contributed by atoms with Gasteiger partial charge in [0.05, 0.1) is 13.3 Å². The Morgan fingerprint density at radius 2 is 2.00 bits per heavy atom. The van der Waals surface area contributed by atoms with Crippen LogP contribution in [0.3, 0.4) is 0 Å². The summed E-state index contributed by atoms with van der Waals surface area (Å²) in [6.07, 6.45) is -3.25. The zero-order chi connectivity index (χ0) is 19.1. The van der Waals surface area contributed by atoms with Crippen molar-refractivity contribution in [2.75, 3.05) is 12.4 Å². The highest BCUT2D eigenvalue weighted by molar-refractivity contribution is 6.33. The first-order chi connectivity index (χ1) is 12.2. The summed E-state index contributed by atoms with van der Waals surface area (Å²) < 4.78 is 45.3. The Kier molecular flexibility index (Phi) is 4.49. The number of carbonyl (C=O) groups excluding carboxylic acids is 1. The van der Waals surface area contributed by atoms with Crippen LogP contribution in [0.5, 0.6) is 5.75 Å². The van der Waals surface area contributed by atoms with Crippen molar-refractivity contribution in [3.05, 3.63) is 46.7 Å². The number of aryl methyl sites for hydroxylation is 1. The maximum absolute atomic E-state index is 12.9. The third kappa shape index (κ3) is 3.17. The maximum atomic E-state index is 12.9. The second kappa shape index (κ2) is 6.49. The molecule has 2 heterocycles. The second-order valence-corrected chi connectivity index (χ2v) is 5.73. The quantitative estimate of drug-likeness (QED) is 0.743. The SMILES string of the molecule is COc1ccc(C(=O)Nc2c(Cl)cnn2C)c2ccc(C(F)(F)F)nc12. The van der Waals surface area contributed by atoms with E-state index < -0.39 is 17.8 Å². The molecular formula is C16H12ClF3N4O2. The van der Waals surface area contributed by atoms with E-state index in [1.165, 1.54) is 36.2 Å². The molecule has 10 heteroatoms. The topological polar surface area (TPSA) is 69.0 Å². The molecule has 0 aliphatic heterocycles. The van der Waals surface area contributed by atoms with Gasteiger partial charge >= 0.3 is 6.18 Å². The smallest absolute Gasteiger partial charge is 0.433 e. The van der Waals surface area contributed by atoms with Crippen LogP contribution in [0.15, 0.2) is 30.5 Å². The molecule has 0 fully saturated rings. The zero-order valence-corrected chi connectivity index (χ0v) is 14.3. The highest BCUT2D eigenvalue weighted by atomic mass is 35.5. The number of ether oxygens (including phenoxy) is 1. The van der Waals surface area contributed by atoms with Gasteiger partial charge < -0.3 is 10.1 Å². The molecule has 3 aromatic rings. The van der Waals surface area contributed by atoms with Crippen LogP contribution < -0.4 is 10.1 Å². The van der Waals surface area contributed by atoms with Gasteiger partial charge in [0.15, 0.2) is 0 Å². The highest BCUT2D eigenvalue weighted by Crippen LogP contribution is 2.33. The highest BCUT2D eigenvalue weighted by Gasteiger charge is 2.33. The number of alkyl halides is 3. The van der Waals surface area contributed by atoms with Crippen molar-refractivity contribution in [1.82, 2.24) is 14.8 Å². The van der Waals surface area contributed by atoms with Crippen molar-refractivity contribution in [2.24, 2.45) is 7.05 Å². The van der Waals surface area contributed by atoms with Gasteiger partial charge in [-0.25, -0.2) is 4.98 Å². The fourth-order valence-electron chi connectivity index (χ4n) is 2.44. The molecule has 0 bridgehead atoms. The van der Waals surface area contributed by atoms with Crippen molar-refractivity contribution in [3.8, 4) is 5.75 Å². The molecule has 0 aliphatic carbocycles. The summed E-state index contributed by atoms with van der Waals surface area (Å²) in [6, 6.07) is 4.83. The first-order valence-electron chi connectivity index (χ1n) is 7.26. The number of pyridine rings is 1. The number of anilines is 1. The van der Waals surface area contributed by atoms with Crippen LogP contribution in [-0.2, 0) is 13.2 Å². The number of benzene rings is 1. The predicted octanol–water partition coefficient (Wildman–Crippen LogP) is 3.90. The Balaban J connectivity index is 2.10. The number of nitrogens with one attached hydrogen (secondary N) is 1. The van der Waals surface area contributed by atoms with Gasteiger partial charge in [-0.1, -0.05) is 11.6 Å². The Morgan fingerprint density at radius 3 is 2.58 bits per heavy atom. The summed E-state index contributed by atoms with van der Waals surface area (Å²) in [6.45, 7) is 0. The van der Waals surface area contributed by atoms with Crippen LogP contribution in [0.1, 0.15) is 16.1 Å². The van der Waals surface area contributed by atoms with Crippen molar-refractivity contribution in [1.29, 1.82) is 0 Å². The van der Waals surface area contributed by atoms with E-state index in [4.69, 9.17) is 16.3 Å². The van der Waals surface area contributed by atoms with E-state index in [2.05, 4.69) is 15.4 Å². The number of rotatable bonds is 3. The summed E-state index contributed by atoms with van der Waals surface area (Å²) in [5.41, 5.74) is -1.01. The Hall–Kier alpha value is -2.81. The van der Waals surface area contributed by atoms with Crippen LogP contribution in [0.2, 0.25) is 5.02 Å². The number of methoxy groups -OCH3 is 1. The minimum absolute atomic E-state index is 0.0638. The van der Waals surface area contributed by atoms with Gasteiger partial charge in [0.25, 0.3) is 5.91 Å². The van der Waals surface area contributed by atoms with Crippen molar-refractivity contribution in [3.63, 3.8) is 0 Å². The molecule has 0 saturated heterocycles. The lowest BCUT2D eigenvalue weighted by Gasteiger charge is -2.13. The number of amides is 1. The van der Waals surface area contributed by atoms with Gasteiger partial charge in [0.1, 0.15) is 27.8 Å². The first-order valence-corrected chi connectivity index (χ1v) is 7.64. The largest absolute Gasteiger partial charge is 0.494 e. The molecule has 1 amide bonds. The number of hydrogen-bond donors (Lipinski definition) is 1. The van der Waals surface area contributed by atoms with Gasteiger partial charge in [-0.15, -0.1) is 0 Å². The minimum atomic E-state index is -4.61. The lowest BCUT2D eigenvalue weighted by Crippen LogP contribution is -2.16. The molecule has 3 rings (SSSR count). The lowest BCUT2D eigenvalue weighted by atomic mass is 10.1. The van der Waals surface area contributed by atoms with E-state index >= 15 is 0 Å². The first kappa shape index (κ1) is 18.0. The summed E-state index contributed by atoms with van der Waals surface area (Å²) >= 11 is 5.96. The average Bonchev–Trinajstić information content (AvgIpc) is 2.91. The van der Waals surface area contributed by atoms with Gasteiger partial charge in [-0.2, -0.15) is 18.3 Å². The predicted molar refractivity (Wildman–Crippen MR) is 89.5 cm³/mol. The third-order valence-corrected chi connectivity index (χ3v) is 3.98. The molecule has 0 aliphatic rings. The summed E-state index contributed by atoms with van der Waals surface area (Å²) in [5, 5.41) is 6.94. The molecule has 6 nitrogen and oxygen atoms in total. The molecule has 0 saturated carbocycles. The standard InChI is InChI=1S/C16H12ClF3N4O2/c1-24-14(10(17)7-21-24)23-15(25)9-3-5-11(26-2)13-8(9)4-6-12(22-13)16(18,19)20/h3-7H,1-2H3,(H,23,25). The van der Waals surface area contributed by atoms with Crippen LogP contribution in [-0.4, -0.2) is 27.8 Å². The van der Waals surface area contributed by atoms with Gasteiger partial charge in [0.2, 0.25) is 0 Å². The summed E-state index contributed by atoms with van der Waals surface area (Å²) in [4.78, 5) is 16.2. The van der Waals surface area contributed by atoms with Gasteiger partial charge in [-0.3, -0.25) is 9.48 Å². The molecule has 0 atom stereocenters. The fraction of sp³-hybridized carbons (Fsp3) is 0.188. The Labute approximate surface area is 150 Å². The van der Waals surface area contributed by atoms with E-state index in [1.54, 1.807) is 7.05 Å². The number of aromatic nitrogens is 3. The van der Waals surface area contributed by atoms with E-state index in [1.807, 2.05) is 0 Å². The monoisotopic (exact) mass is 384 g/mol. The van der Waals surface area contributed by atoms with Gasteiger partial charge in [0, 0.05) is 18.0 Å². The van der Waals surface area contributed by atoms with Gasteiger partial charge in [-0.05, 0) is 24.3 Å². The van der Waals surface area contributed by atoms with Crippen LogP contribution in [0.25, 0.3) is 10.9 Å². The third-order valence-electron chi connectivity index (χ3n) is 3.70. The number of nitrogens with zero attached hydrogens (tertiary/aromatic N) is 3. The fourth-order valence-corrected chi connectivity index (χ4v) is 2.65. The number of carbonyl (C=O) groups is 1. The second-order valence-electron chi connectivity index (χ2n) is 5.32. The molecule has 2 aromatic heterocycles. The summed E-state index contributed by atoms with van der Waals surface area (Å²) in [7, 11) is 2.90. The van der Waals surface area contributed by atoms with E-state index in [9.17, 15) is 18.0 Å². The van der Waals surface area contributed by atoms with Crippen molar-refractivity contribution >= 4 is 34.2 Å². The average molecular weight is 385 g/mol. The zero-order valence-electron chi connectivity index (χ0n) is 13.6. The number of hydrogen-bond acceptors (Lipinski definition) is 4. The molecule has 26 heavy (non-hydrogen) atoms. The van der Waals surface area contributed by atoms with Crippen molar-refractivity contribution in [2.45, 2.75) is 6.18 Å². The van der Waals surface area contributed by atoms with E-state index in [0.717, 1.165) is 6.07 Å². The molecule has 0 radical (unpaired) electrons. The number of fused-ring (bicyclic) bond motifs is 1. The molecule has 0 unspecified atom stereocenters. The molecule has 136 valence electrons.